The van der Waals surface area contributed by atoms with E-state index >= 15 is 0 Å². The maximum Gasteiger partial charge on any atom is 0.337 e. The minimum Gasteiger partial charge on any atom is -0.496 e. The highest BCUT2D eigenvalue weighted by Gasteiger charge is 2.23. The van der Waals surface area contributed by atoms with Crippen molar-refractivity contribution in [3.8, 4) is 5.75 Å². The second-order valence-corrected chi connectivity index (χ2v) is 9.25. The number of nitrogens with one attached hydrogen (secondary N) is 2. The van der Waals surface area contributed by atoms with Gasteiger partial charge in [0, 0.05) is 16.1 Å². The molecule has 13 heteroatoms. The molecule has 0 heterocycles. The van der Waals surface area contributed by atoms with Crippen LogP contribution in [0, 0.1) is 10.1 Å². The normalized spacial score (nSPS) is 11.2. The first-order chi connectivity index (χ1) is 16.1. The number of nitrogens with zero attached hydrogens (tertiary/aromatic N) is 2. The van der Waals surface area contributed by atoms with Crippen molar-refractivity contribution in [3.63, 3.8) is 0 Å². The molecule has 3 aromatic carbocycles. The number of hydrogen-bond donors (Lipinski definition) is 3. The van der Waals surface area contributed by atoms with Gasteiger partial charge < -0.3 is 9.84 Å². The van der Waals surface area contributed by atoms with Crippen molar-refractivity contribution < 1.29 is 28.0 Å². The maximum atomic E-state index is 12.8. The van der Waals surface area contributed by atoms with Crippen LogP contribution in [0.5, 0.6) is 5.75 Å². The number of halogens is 1. The first-order valence-electron chi connectivity index (χ1n) is 9.38. The minimum atomic E-state index is -4.33. The van der Waals surface area contributed by atoms with Gasteiger partial charge in [-0.25, -0.2) is 13.2 Å². The lowest BCUT2D eigenvalue weighted by molar-refractivity contribution is -0.384. The van der Waals surface area contributed by atoms with Crippen LogP contribution in [0.2, 0.25) is 0 Å². The van der Waals surface area contributed by atoms with Crippen LogP contribution in [-0.4, -0.2) is 37.7 Å². The fourth-order valence-electron chi connectivity index (χ4n) is 2.86. The lowest BCUT2D eigenvalue weighted by Crippen LogP contribution is -2.16. The first kappa shape index (κ1) is 24.7. The number of benzene rings is 3. The van der Waals surface area contributed by atoms with Crippen LogP contribution in [0.25, 0.3) is 0 Å². The number of nitro groups is 1. The lowest BCUT2D eigenvalue weighted by Gasteiger charge is -2.11. The number of ether oxygens (including phenoxy) is 1. The molecule has 176 valence electrons. The monoisotopic (exact) mass is 548 g/mol. The molecular formula is C21H17BrN4O7S. The van der Waals surface area contributed by atoms with E-state index in [-0.39, 0.29) is 16.9 Å². The third-order valence-electron chi connectivity index (χ3n) is 4.46. The summed E-state index contributed by atoms with van der Waals surface area (Å²) in [4.78, 5) is 21.7. The smallest absolute Gasteiger partial charge is 0.337 e. The van der Waals surface area contributed by atoms with E-state index in [1.165, 1.54) is 43.7 Å². The Morgan fingerprint density at radius 2 is 1.88 bits per heavy atom. The number of carbonyl (C=O) groups is 1. The Kier molecular flexibility index (Phi) is 7.48. The molecule has 3 aromatic rings. The van der Waals surface area contributed by atoms with E-state index in [1.807, 2.05) is 0 Å². The molecule has 11 nitrogen and oxygen atoms in total. The van der Waals surface area contributed by atoms with E-state index in [1.54, 1.807) is 18.2 Å². The zero-order chi connectivity index (χ0) is 24.9. The SMILES string of the molecule is COc1ccc(Br)cc1/C=N/Nc1ccc(S(=O)(=O)Nc2ccccc2C(=O)O)cc1[N+](=O)[O-]. The molecule has 3 rings (SSSR count). The highest BCUT2D eigenvalue weighted by atomic mass is 79.9. The number of para-hydroxylation sites is 1. The molecule has 0 aliphatic rings. The predicted molar refractivity (Wildman–Crippen MR) is 129 cm³/mol. The zero-order valence-electron chi connectivity index (χ0n) is 17.4. The quantitative estimate of drug-likeness (QED) is 0.202. The molecule has 0 fully saturated rings. The number of carboxylic acid groups (broad SMARTS) is 1. The van der Waals surface area contributed by atoms with E-state index in [9.17, 15) is 28.4 Å². The van der Waals surface area contributed by atoms with Gasteiger partial charge in [0.25, 0.3) is 15.7 Å². The maximum absolute atomic E-state index is 12.8. The fourth-order valence-corrected chi connectivity index (χ4v) is 4.34. The largest absolute Gasteiger partial charge is 0.496 e. The summed E-state index contributed by atoms with van der Waals surface area (Å²) >= 11 is 3.33. The average molecular weight is 549 g/mol. The highest BCUT2D eigenvalue weighted by Crippen LogP contribution is 2.29. The molecule has 0 aromatic heterocycles. The number of anilines is 2. The number of rotatable bonds is 9. The molecule has 3 N–H and O–H groups in total. The van der Waals surface area contributed by atoms with E-state index in [0.29, 0.717) is 11.3 Å². The summed E-state index contributed by atoms with van der Waals surface area (Å²) in [5.41, 5.74) is 2.08. The van der Waals surface area contributed by atoms with Crippen molar-refractivity contribution >= 4 is 55.2 Å². The van der Waals surface area contributed by atoms with E-state index in [0.717, 1.165) is 16.6 Å². The molecular weight excluding hydrogens is 532 g/mol. The van der Waals surface area contributed by atoms with Gasteiger partial charge in [-0.2, -0.15) is 5.10 Å². The van der Waals surface area contributed by atoms with E-state index < -0.39 is 31.5 Å². The molecule has 0 bridgehead atoms. The summed E-state index contributed by atoms with van der Waals surface area (Å²) in [6.07, 6.45) is 1.39. The van der Waals surface area contributed by atoms with Crippen LogP contribution in [0.4, 0.5) is 17.1 Å². The van der Waals surface area contributed by atoms with Gasteiger partial charge in [0.2, 0.25) is 0 Å². The van der Waals surface area contributed by atoms with Crippen LogP contribution in [0.15, 0.2) is 75.1 Å². The summed E-state index contributed by atoms with van der Waals surface area (Å²) in [6, 6.07) is 13.8. The Labute approximate surface area is 202 Å². The van der Waals surface area contributed by atoms with Crippen molar-refractivity contribution in [2.75, 3.05) is 17.3 Å². The van der Waals surface area contributed by atoms with Crippen molar-refractivity contribution in [2.45, 2.75) is 4.90 Å². The number of sulfonamides is 1. The van der Waals surface area contributed by atoms with Gasteiger partial charge in [0.15, 0.2) is 0 Å². The Balaban J connectivity index is 1.89. The number of carboxylic acids is 1. The van der Waals surface area contributed by atoms with E-state index in [4.69, 9.17) is 4.74 Å². The van der Waals surface area contributed by atoms with Gasteiger partial charge in [0.05, 0.1) is 34.4 Å². The molecule has 0 amide bonds. The Hall–Kier alpha value is -3.97. The van der Waals surface area contributed by atoms with Gasteiger partial charge >= 0.3 is 5.97 Å². The number of hydrogen-bond acceptors (Lipinski definition) is 8. The number of methoxy groups -OCH3 is 1. The summed E-state index contributed by atoms with van der Waals surface area (Å²) in [6.45, 7) is 0. The Morgan fingerprint density at radius 3 is 2.56 bits per heavy atom. The number of nitro benzene ring substituents is 1. The van der Waals surface area contributed by atoms with Crippen molar-refractivity contribution in [1.82, 2.24) is 0 Å². The average Bonchev–Trinajstić information content (AvgIpc) is 2.79. The molecule has 0 atom stereocenters. The minimum absolute atomic E-state index is 0.0555. The van der Waals surface area contributed by atoms with Crippen LogP contribution < -0.4 is 14.9 Å². The fraction of sp³-hybridized carbons (Fsp3) is 0.0476. The summed E-state index contributed by atoms with van der Waals surface area (Å²) in [5.74, 6) is -0.804. The second kappa shape index (κ2) is 10.3. The van der Waals surface area contributed by atoms with E-state index in [2.05, 4.69) is 31.2 Å². The topological polar surface area (TPSA) is 160 Å². The first-order valence-corrected chi connectivity index (χ1v) is 11.7. The second-order valence-electron chi connectivity index (χ2n) is 6.65. The van der Waals surface area contributed by atoms with Crippen molar-refractivity contribution in [1.29, 1.82) is 0 Å². The Bertz CT molecular complexity index is 1390. The molecule has 0 saturated carbocycles. The van der Waals surface area contributed by atoms with Crippen LogP contribution in [-0.2, 0) is 10.0 Å². The summed E-state index contributed by atoms with van der Waals surface area (Å²) in [5, 5.41) is 24.8. The van der Waals surface area contributed by atoms with Gasteiger partial charge in [-0.1, -0.05) is 28.1 Å². The summed E-state index contributed by atoms with van der Waals surface area (Å²) < 4.78 is 33.7. The molecule has 0 spiro atoms. The lowest BCUT2D eigenvalue weighted by atomic mass is 10.2. The molecule has 34 heavy (non-hydrogen) atoms. The van der Waals surface area contributed by atoms with Gasteiger partial charge in [-0.3, -0.25) is 20.3 Å². The van der Waals surface area contributed by atoms with Crippen LogP contribution in [0.1, 0.15) is 15.9 Å². The standard InChI is InChI=1S/C21H17BrN4O7S/c1-33-20-9-6-14(22)10-13(20)12-23-24-18-8-7-15(11-19(18)26(29)30)34(31,32)25-17-5-3-2-4-16(17)21(27)28/h2-12,24-25H,1H3,(H,27,28)/b23-12+. The molecule has 0 saturated heterocycles. The number of hydrazone groups is 1. The third kappa shape index (κ3) is 5.68. The van der Waals surface area contributed by atoms with Crippen LogP contribution in [0.3, 0.4) is 0 Å². The predicted octanol–water partition coefficient (Wildman–Crippen LogP) is 4.31. The zero-order valence-corrected chi connectivity index (χ0v) is 19.8. The Morgan fingerprint density at radius 1 is 1.15 bits per heavy atom. The molecule has 0 aliphatic carbocycles. The molecule has 0 radical (unpaired) electrons. The summed E-state index contributed by atoms with van der Waals surface area (Å²) in [7, 11) is -2.84. The van der Waals surface area contributed by atoms with Gasteiger partial charge in [0.1, 0.15) is 11.4 Å². The van der Waals surface area contributed by atoms with Gasteiger partial charge in [-0.15, -0.1) is 0 Å². The van der Waals surface area contributed by atoms with Crippen molar-refractivity contribution in [2.24, 2.45) is 5.10 Å². The van der Waals surface area contributed by atoms with Gasteiger partial charge in [-0.05, 0) is 42.5 Å². The number of aromatic carboxylic acids is 1. The van der Waals surface area contributed by atoms with Crippen LogP contribution >= 0.6 is 15.9 Å². The van der Waals surface area contributed by atoms with Crippen molar-refractivity contribution in [3.05, 3.63) is 86.4 Å². The molecule has 0 aliphatic heterocycles. The highest BCUT2D eigenvalue weighted by molar-refractivity contribution is 9.10. The molecule has 0 unspecified atom stereocenters. The third-order valence-corrected chi connectivity index (χ3v) is 6.31.